The third-order valence-corrected chi connectivity index (χ3v) is 4.59. The van der Waals surface area contributed by atoms with Crippen LogP contribution < -0.4 is 9.75 Å². The van der Waals surface area contributed by atoms with Crippen molar-refractivity contribution in [1.82, 2.24) is 0 Å². The van der Waals surface area contributed by atoms with Gasteiger partial charge in [-0.3, -0.25) is 5.01 Å². The van der Waals surface area contributed by atoms with E-state index in [9.17, 15) is 4.39 Å². The lowest BCUT2D eigenvalue weighted by Gasteiger charge is -2.25. The zero-order chi connectivity index (χ0) is 17.9. The molecule has 26 heavy (non-hydrogen) atoms. The molecular weight excluding hydrogens is 327 g/mol. The minimum absolute atomic E-state index is 0.00758. The molecule has 0 N–H and O–H groups in total. The third kappa shape index (κ3) is 3.06. The standard InChI is InChI=1S/C22H19FN2O/c1-26-22-13-6-5-12-19(22)21-15-20(16-8-7-9-17(23)14-16)24-25(21)18-10-3-2-4-11-18/h2-14,21H,15H2,1H3/t21-/m1/s1. The molecule has 4 rings (SSSR count). The molecule has 0 unspecified atom stereocenters. The second-order valence-corrected chi connectivity index (χ2v) is 6.20. The first-order valence-corrected chi connectivity index (χ1v) is 8.57. The highest BCUT2D eigenvalue weighted by atomic mass is 19.1. The van der Waals surface area contributed by atoms with Gasteiger partial charge in [0, 0.05) is 17.5 Å². The van der Waals surface area contributed by atoms with Gasteiger partial charge in [0.2, 0.25) is 0 Å². The van der Waals surface area contributed by atoms with Crippen molar-refractivity contribution in [1.29, 1.82) is 0 Å². The molecule has 1 atom stereocenters. The van der Waals surface area contributed by atoms with E-state index in [1.54, 1.807) is 13.2 Å². The first kappa shape index (κ1) is 16.3. The number of nitrogens with zero attached hydrogens (tertiary/aromatic N) is 2. The van der Waals surface area contributed by atoms with E-state index in [1.807, 2.05) is 59.6 Å². The summed E-state index contributed by atoms with van der Waals surface area (Å²) >= 11 is 0. The largest absolute Gasteiger partial charge is 0.496 e. The van der Waals surface area contributed by atoms with Crippen LogP contribution in [0.25, 0.3) is 0 Å². The van der Waals surface area contributed by atoms with E-state index in [0.717, 1.165) is 28.3 Å². The second kappa shape index (κ2) is 7.00. The minimum atomic E-state index is -0.253. The Balaban J connectivity index is 1.79. The molecule has 0 amide bonds. The zero-order valence-electron chi connectivity index (χ0n) is 14.5. The highest BCUT2D eigenvalue weighted by Crippen LogP contribution is 2.40. The molecule has 4 heteroatoms. The van der Waals surface area contributed by atoms with Gasteiger partial charge in [-0.25, -0.2) is 4.39 Å². The van der Waals surface area contributed by atoms with Crippen LogP contribution in [0.4, 0.5) is 10.1 Å². The number of ether oxygens (including phenoxy) is 1. The van der Waals surface area contributed by atoms with Gasteiger partial charge < -0.3 is 4.74 Å². The van der Waals surface area contributed by atoms with Gasteiger partial charge in [0.1, 0.15) is 11.6 Å². The highest BCUT2D eigenvalue weighted by molar-refractivity contribution is 6.03. The maximum absolute atomic E-state index is 13.7. The van der Waals surface area contributed by atoms with E-state index in [-0.39, 0.29) is 11.9 Å². The molecular formula is C22H19FN2O. The van der Waals surface area contributed by atoms with Gasteiger partial charge in [0.15, 0.2) is 0 Å². The molecule has 0 saturated heterocycles. The van der Waals surface area contributed by atoms with Gasteiger partial charge in [-0.2, -0.15) is 5.10 Å². The van der Waals surface area contributed by atoms with Crippen molar-refractivity contribution in [3.05, 3.63) is 95.8 Å². The van der Waals surface area contributed by atoms with Crippen LogP contribution in [0.1, 0.15) is 23.6 Å². The fraction of sp³-hybridized carbons (Fsp3) is 0.136. The Hall–Kier alpha value is -3.14. The van der Waals surface area contributed by atoms with E-state index in [4.69, 9.17) is 9.84 Å². The SMILES string of the molecule is COc1ccccc1[C@H]1CC(c2cccc(F)c2)=NN1c1ccccc1. The lowest BCUT2D eigenvalue weighted by atomic mass is 9.97. The topological polar surface area (TPSA) is 24.8 Å². The van der Waals surface area contributed by atoms with Crippen LogP contribution in [-0.2, 0) is 0 Å². The van der Waals surface area contributed by atoms with E-state index < -0.39 is 0 Å². The van der Waals surface area contributed by atoms with Gasteiger partial charge in [0.05, 0.1) is 24.6 Å². The summed E-state index contributed by atoms with van der Waals surface area (Å²) in [5.41, 5.74) is 3.73. The first-order valence-electron chi connectivity index (χ1n) is 8.57. The number of hydrogen-bond donors (Lipinski definition) is 0. The van der Waals surface area contributed by atoms with Gasteiger partial charge in [0.25, 0.3) is 0 Å². The van der Waals surface area contributed by atoms with Gasteiger partial charge in [-0.15, -0.1) is 0 Å². The summed E-state index contributed by atoms with van der Waals surface area (Å²) in [6.07, 6.45) is 0.679. The number of anilines is 1. The molecule has 3 aromatic carbocycles. The van der Waals surface area contributed by atoms with Crippen molar-refractivity contribution < 1.29 is 9.13 Å². The summed E-state index contributed by atoms with van der Waals surface area (Å²) in [4.78, 5) is 0. The Kier molecular flexibility index (Phi) is 4.40. The lowest BCUT2D eigenvalue weighted by molar-refractivity contribution is 0.405. The van der Waals surface area contributed by atoms with Crippen LogP contribution in [-0.4, -0.2) is 12.8 Å². The van der Waals surface area contributed by atoms with Crippen molar-refractivity contribution in [2.45, 2.75) is 12.5 Å². The third-order valence-electron chi connectivity index (χ3n) is 4.59. The fourth-order valence-electron chi connectivity index (χ4n) is 3.36. The lowest BCUT2D eigenvalue weighted by Crippen LogP contribution is -2.19. The van der Waals surface area contributed by atoms with Crippen molar-refractivity contribution in [3.63, 3.8) is 0 Å². The van der Waals surface area contributed by atoms with Crippen LogP contribution >= 0.6 is 0 Å². The molecule has 0 aliphatic carbocycles. The average molecular weight is 346 g/mol. The Bertz CT molecular complexity index is 940. The molecule has 0 fully saturated rings. The number of methoxy groups -OCH3 is 1. The van der Waals surface area contributed by atoms with E-state index in [1.165, 1.54) is 12.1 Å². The van der Waals surface area contributed by atoms with Crippen molar-refractivity contribution in [3.8, 4) is 5.75 Å². The van der Waals surface area contributed by atoms with Crippen LogP contribution in [0.2, 0.25) is 0 Å². The minimum Gasteiger partial charge on any atom is -0.496 e. The zero-order valence-corrected chi connectivity index (χ0v) is 14.5. The van der Waals surface area contributed by atoms with E-state index in [0.29, 0.717) is 6.42 Å². The van der Waals surface area contributed by atoms with Crippen LogP contribution in [0.3, 0.4) is 0 Å². The smallest absolute Gasteiger partial charge is 0.124 e. The fourth-order valence-corrected chi connectivity index (χ4v) is 3.36. The number of hydrogen-bond acceptors (Lipinski definition) is 3. The second-order valence-electron chi connectivity index (χ2n) is 6.20. The quantitative estimate of drug-likeness (QED) is 0.649. The molecule has 3 nitrogen and oxygen atoms in total. The molecule has 0 saturated carbocycles. The van der Waals surface area contributed by atoms with E-state index in [2.05, 4.69) is 6.07 Å². The summed E-state index contributed by atoms with van der Waals surface area (Å²) in [6.45, 7) is 0. The highest BCUT2D eigenvalue weighted by Gasteiger charge is 2.31. The number of para-hydroxylation sites is 2. The molecule has 0 radical (unpaired) electrons. The molecule has 130 valence electrons. The summed E-state index contributed by atoms with van der Waals surface area (Å²) in [5.74, 6) is 0.575. The monoisotopic (exact) mass is 346 g/mol. The molecule has 3 aromatic rings. The molecule has 0 bridgehead atoms. The van der Waals surface area contributed by atoms with Gasteiger partial charge in [-0.05, 0) is 30.3 Å². The summed E-state index contributed by atoms with van der Waals surface area (Å²) in [5, 5.41) is 6.83. The summed E-state index contributed by atoms with van der Waals surface area (Å²) < 4.78 is 19.3. The van der Waals surface area contributed by atoms with Crippen LogP contribution in [0.5, 0.6) is 5.75 Å². The molecule has 1 heterocycles. The number of halogens is 1. The molecule has 0 aromatic heterocycles. The Morgan fingerprint density at radius 3 is 2.50 bits per heavy atom. The predicted molar refractivity (Wildman–Crippen MR) is 102 cm³/mol. The van der Waals surface area contributed by atoms with E-state index >= 15 is 0 Å². The Morgan fingerprint density at radius 2 is 1.73 bits per heavy atom. The maximum atomic E-state index is 13.7. The average Bonchev–Trinajstić information content (AvgIpc) is 3.14. The summed E-state index contributed by atoms with van der Waals surface area (Å²) in [7, 11) is 1.68. The first-order chi connectivity index (χ1) is 12.8. The summed E-state index contributed by atoms with van der Waals surface area (Å²) in [6, 6.07) is 24.6. The molecule has 1 aliphatic rings. The van der Waals surface area contributed by atoms with Crippen molar-refractivity contribution in [2.75, 3.05) is 12.1 Å². The number of hydrazone groups is 1. The van der Waals surface area contributed by atoms with Gasteiger partial charge >= 0.3 is 0 Å². The van der Waals surface area contributed by atoms with Crippen LogP contribution in [0, 0.1) is 5.82 Å². The van der Waals surface area contributed by atoms with Crippen LogP contribution in [0.15, 0.2) is 84.0 Å². The van der Waals surface area contributed by atoms with Crippen molar-refractivity contribution in [2.24, 2.45) is 5.10 Å². The number of rotatable bonds is 4. The Morgan fingerprint density at radius 1 is 0.962 bits per heavy atom. The molecule has 1 aliphatic heterocycles. The maximum Gasteiger partial charge on any atom is 0.124 e. The Labute approximate surface area is 152 Å². The predicted octanol–water partition coefficient (Wildman–Crippen LogP) is 5.19. The number of benzene rings is 3. The molecule has 0 spiro atoms. The van der Waals surface area contributed by atoms with Gasteiger partial charge in [-0.1, -0.05) is 48.5 Å². The van der Waals surface area contributed by atoms with Crippen molar-refractivity contribution >= 4 is 11.4 Å². The normalized spacial score (nSPS) is 16.5.